The molecule has 170 valence electrons. The van der Waals surface area contributed by atoms with Crippen LogP contribution in [0.3, 0.4) is 0 Å². The van der Waals surface area contributed by atoms with Crippen molar-refractivity contribution in [3.8, 4) is 5.75 Å². The Labute approximate surface area is 184 Å². The summed E-state index contributed by atoms with van der Waals surface area (Å²) in [6.07, 6.45) is 2.61. The molecule has 0 spiro atoms. The molecule has 2 aromatic rings. The summed E-state index contributed by atoms with van der Waals surface area (Å²) in [6.45, 7) is 3.48. The molecule has 1 aliphatic heterocycles. The van der Waals surface area contributed by atoms with Crippen molar-refractivity contribution < 1.29 is 22.4 Å². The number of ether oxygens (including phenoxy) is 1. The average Bonchev–Trinajstić information content (AvgIpc) is 3.29. The topological polar surface area (TPSA) is 92.1 Å². The van der Waals surface area contributed by atoms with Gasteiger partial charge in [-0.25, -0.2) is 8.42 Å². The van der Waals surface area contributed by atoms with Gasteiger partial charge in [0.25, 0.3) is 0 Å². The Morgan fingerprint density at radius 1 is 1.23 bits per heavy atom. The fraction of sp³-hybridized carbons (Fsp3) is 0.500. The van der Waals surface area contributed by atoms with Crippen molar-refractivity contribution in [3.05, 3.63) is 48.4 Å². The molecule has 2 heterocycles. The number of furan rings is 1. The minimum absolute atomic E-state index is 0.0449. The van der Waals surface area contributed by atoms with Gasteiger partial charge in [-0.05, 0) is 70.3 Å². The first-order valence-corrected chi connectivity index (χ1v) is 12.0. The number of carbonyl (C=O) groups excluding carboxylic acids is 1. The van der Waals surface area contributed by atoms with Crippen LogP contribution in [0.25, 0.3) is 0 Å². The minimum atomic E-state index is -3.58. The maximum Gasteiger partial charge on any atom is 0.243 e. The lowest BCUT2D eigenvalue weighted by atomic mass is 9.97. The monoisotopic (exact) mass is 449 g/mol. The third-order valence-electron chi connectivity index (χ3n) is 5.56. The molecule has 1 saturated heterocycles. The number of amides is 1. The van der Waals surface area contributed by atoms with E-state index < -0.39 is 10.0 Å². The molecule has 0 saturated carbocycles. The molecule has 9 heteroatoms. The number of rotatable bonds is 9. The number of benzene rings is 1. The SMILES string of the molecule is CCOc1ccc(S(=O)(=O)N2CCC(C(=O)NCC(c3ccco3)N(C)C)CC2)cc1. The van der Waals surface area contributed by atoms with Gasteiger partial charge in [0.15, 0.2) is 0 Å². The van der Waals surface area contributed by atoms with Gasteiger partial charge in [-0.15, -0.1) is 0 Å². The summed E-state index contributed by atoms with van der Waals surface area (Å²) in [5.41, 5.74) is 0. The van der Waals surface area contributed by atoms with E-state index in [9.17, 15) is 13.2 Å². The quantitative estimate of drug-likeness (QED) is 0.632. The van der Waals surface area contributed by atoms with Gasteiger partial charge in [-0.1, -0.05) is 0 Å². The van der Waals surface area contributed by atoms with Crippen LogP contribution in [0, 0.1) is 5.92 Å². The largest absolute Gasteiger partial charge is 0.494 e. The van der Waals surface area contributed by atoms with E-state index in [0.29, 0.717) is 44.8 Å². The summed E-state index contributed by atoms with van der Waals surface area (Å²) in [4.78, 5) is 14.9. The molecule has 1 aromatic carbocycles. The Morgan fingerprint density at radius 2 is 1.90 bits per heavy atom. The number of hydrogen-bond donors (Lipinski definition) is 1. The van der Waals surface area contributed by atoms with Crippen LogP contribution in [0.5, 0.6) is 5.75 Å². The normalized spacial score (nSPS) is 16.9. The van der Waals surface area contributed by atoms with E-state index in [-0.39, 0.29) is 22.8 Å². The summed E-state index contributed by atoms with van der Waals surface area (Å²) < 4.78 is 38.2. The van der Waals surface area contributed by atoms with Crippen molar-refractivity contribution in [2.24, 2.45) is 5.92 Å². The van der Waals surface area contributed by atoms with E-state index in [1.807, 2.05) is 38.1 Å². The molecule has 0 bridgehead atoms. The third kappa shape index (κ3) is 5.66. The van der Waals surface area contributed by atoms with Gasteiger partial charge in [0, 0.05) is 25.6 Å². The zero-order chi connectivity index (χ0) is 22.4. The lowest BCUT2D eigenvalue weighted by molar-refractivity contribution is -0.126. The highest BCUT2D eigenvalue weighted by Gasteiger charge is 2.32. The number of carbonyl (C=O) groups is 1. The molecule has 0 radical (unpaired) electrons. The van der Waals surface area contributed by atoms with Gasteiger partial charge >= 0.3 is 0 Å². The fourth-order valence-electron chi connectivity index (χ4n) is 3.74. The first-order chi connectivity index (χ1) is 14.8. The van der Waals surface area contributed by atoms with Crippen LogP contribution in [0.2, 0.25) is 0 Å². The summed E-state index contributed by atoms with van der Waals surface area (Å²) in [5.74, 6) is 1.19. The molecule has 1 aromatic heterocycles. The molecule has 1 aliphatic rings. The van der Waals surface area contributed by atoms with Crippen molar-refractivity contribution in [2.75, 3.05) is 40.3 Å². The second-order valence-electron chi connectivity index (χ2n) is 7.82. The lowest BCUT2D eigenvalue weighted by Crippen LogP contribution is -2.44. The van der Waals surface area contributed by atoms with Gasteiger partial charge in [0.2, 0.25) is 15.9 Å². The molecule has 8 nitrogen and oxygen atoms in total. The summed E-state index contributed by atoms with van der Waals surface area (Å²) >= 11 is 0. The first-order valence-electron chi connectivity index (χ1n) is 10.5. The maximum atomic E-state index is 12.9. The molecular weight excluding hydrogens is 418 g/mol. The van der Waals surface area contributed by atoms with Crippen LogP contribution in [0.1, 0.15) is 31.6 Å². The maximum absolute atomic E-state index is 12.9. The van der Waals surface area contributed by atoms with Crippen molar-refractivity contribution in [1.82, 2.24) is 14.5 Å². The number of hydrogen-bond acceptors (Lipinski definition) is 6. The van der Waals surface area contributed by atoms with E-state index in [1.165, 1.54) is 4.31 Å². The molecular formula is C22H31N3O5S. The fourth-order valence-corrected chi connectivity index (χ4v) is 5.21. The number of nitrogens with one attached hydrogen (secondary N) is 1. The van der Waals surface area contributed by atoms with Crippen molar-refractivity contribution in [1.29, 1.82) is 0 Å². The number of likely N-dealkylation sites (N-methyl/N-ethyl adjacent to an activating group) is 1. The first kappa shape index (κ1) is 23.3. The number of piperidine rings is 1. The van der Waals surface area contributed by atoms with E-state index in [4.69, 9.17) is 9.15 Å². The van der Waals surface area contributed by atoms with Gasteiger partial charge in [-0.3, -0.25) is 9.69 Å². The average molecular weight is 450 g/mol. The van der Waals surface area contributed by atoms with Crippen LogP contribution in [0.15, 0.2) is 52.0 Å². The second-order valence-corrected chi connectivity index (χ2v) is 9.76. The predicted molar refractivity (Wildman–Crippen MR) is 117 cm³/mol. The zero-order valence-electron chi connectivity index (χ0n) is 18.3. The summed E-state index contributed by atoms with van der Waals surface area (Å²) in [6, 6.07) is 10.1. The van der Waals surface area contributed by atoms with Gasteiger partial charge in [0.1, 0.15) is 11.5 Å². The zero-order valence-corrected chi connectivity index (χ0v) is 19.1. The van der Waals surface area contributed by atoms with Crippen LogP contribution < -0.4 is 10.1 Å². The van der Waals surface area contributed by atoms with E-state index in [0.717, 1.165) is 5.76 Å². The van der Waals surface area contributed by atoms with Crippen LogP contribution in [-0.4, -0.2) is 63.9 Å². The van der Waals surface area contributed by atoms with E-state index >= 15 is 0 Å². The molecule has 31 heavy (non-hydrogen) atoms. The molecule has 1 N–H and O–H groups in total. The molecule has 3 rings (SSSR count). The highest BCUT2D eigenvalue weighted by Crippen LogP contribution is 2.26. The Hall–Kier alpha value is -2.36. The third-order valence-corrected chi connectivity index (χ3v) is 7.47. The molecule has 1 atom stereocenters. The van der Waals surface area contributed by atoms with Crippen molar-refractivity contribution in [3.63, 3.8) is 0 Å². The molecule has 1 unspecified atom stereocenters. The Bertz CT molecular complexity index is 934. The van der Waals surface area contributed by atoms with Crippen LogP contribution >= 0.6 is 0 Å². The highest BCUT2D eigenvalue weighted by atomic mass is 32.2. The van der Waals surface area contributed by atoms with Crippen LogP contribution in [-0.2, 0) is 14.8 Å². The highest BCUT2D eigenvalue weighted by molar-refractivity contribution is 7.89. The standard InChI is InChI=1S/C22H31N3O5S/c1-4-29-18-7-9-19(10-8-18)31(27,28)25-13-11-17(12-14-25)22(26)23-16-20(24(2)3)21-6-5-15-30-21/h5-10,15,17,20H,4,11-14,16H2,1-3H3,(H,23,26). The number of nitrogens with zero attached hydrogens (tertiary/aromatic N) is 2. The molecule has 1 fully saturated rings. The van der Waals surface area contributed by atoms with Gasteiger partial charge in [0.05, 0.1) is 23.8 Å². The molecule has 1 amide bonds. The second kappa shape index (κ2) is 10.3. The summed E-state index contributed by atoms with van der Waals surface area (Å²) in [7, 11) is 0.286. The van der Waals surface area contributed by atoms with Gasteiger partial charge in [-0.2, -0.15) is 4.31 Å². The van der Waals surface area contributed by atoms with Crippen molar-refractivity contribution in [2.45, 2.75) is 30.7 Å². The molecule has 0 aliphatic carbocycles. The smallest absolute Gasteiger partial charge is 0.243 e. The lowest BCUT2D eigenvalue weighted by Gasteiger charge is -2.31. The van der Waals surface area contributed by atoms with Crippen molar-refractivity contribution >= 4 is 15.9 Å². The number of sulfonamides is 1. The van der Waals surface area contributed by atoms with E-state index in [2.05, 4.69) is 5.32 Å². The Morgan fingerprint density at radius 3 is 2.45 bits per heavy atom. The Balaban J connectivity index is 1.54. The Kier molecular flexibility index (Phi) is 7.74. The van der Waals surface area contributed by atoms with E-state index in [1.54, 1.807) is 30.5 Å². The summed E-state index contributed by atoms with van der Waals surface area (Å²) in [5, 5.41) is 3.00. The van der Waals surface area contributed by atoms with Crippen LogP contribution in [0.4, 0.5) is 0 Å². The van der Waals surface area contributed by atoms with Gasteiger partial charge < -0.3 is 14.5 Å². The minimum Gasteiger partial charge on any atom is -0.494 e. The predicted octanol–water partition coefficient (Wildman–Crippen LogP) is 2.50.